The average molecular weight is 477 g/mol. The summed E-state index contributed by atoms with van der Waals surface area (Å²) in [6.07, 6.45) is 0. The molecular weight excluding hydrogens is 452 g/mol. The zero-order valence-corrected chi connectivity index (χ0v) is 20.5. The van der Waals surface area contributed by atoms with E-state index in [2.05, 4.69) is 15.5 Å². The van der Waals surface area contributed by atoms with Gasteiger partial charge in [-0.25, -0.2) is 4.98 Å². The summed E-state index contributed by atoms with van der Waals surface area (Å²) in [5, 5.41) is 13.2. The van der Waals surface area contributed by atoms with Gasteiger partial charge in [-0.05, 0) is 62.2 Å². The monoisotopic (exact) mass is 476 g/mol. The van der Waals surface area contributed by atoms with Crippen molar-refractivity contribution in [2.45, 2.75) is 25.8 Å². The van der Waals surface area contributed by atoms with Crippen LogP contribution in [0.4, 0.5) is 5.69 Å². The molecule has 168 valence electrons. The van der Waals surface area contributed by atoms with Crippen molar-refractivity contribution in [3.63, 3.8) is 0 Å². The van der Waals surface area contributed by atoms with Crippen LogP contribution in [0.3, 0.4) is 0 Å². The number of benzene rings is 2. The van der Waals surface area contributed by atoms with Crippen molar-refractivity contribution < 1.29 is 9.53 Å². The molecule has 0 radical (unpaired) electrons. The Bertz CT molecular complexity index is 1290. The Morgan fingerprint density at radius 1 is 1.03 bits per heavy atom. The first-order valence-corrected chi connectivity index (χ1v) is 12.2. The summed E-state index contributed by atoms with van der Waals surface area (Å²) in [6, 6.07) is 17.5. The van der Waals surface area contributed by atoms with Gasteiger partial charge in [0, 0.05) is 5.69 Å². The fourth-order valence-corrected chi connectivity index (χ4v) is 4.98. The fourth-order valence-electron chi connectivity index (χ4n) is 3.30. The first-order valence-electron chi connectivity index (χ1n) is 10.4. The molecule has 8 heteroatoms. The number of methoxy groups -OCH3 is 1. The topological polar surface area (TPSA) is 77.0 Å². The van der Waals surface area contributed by atoms with Gasteiger partial charge in [-0.15, -0.1) is 21.5 Å². The lowest BCUT2D eigenvalue weighted by atomic mass is 10.1. The predicted octanol–water partition coefficient (Wildman–Crippen LogP) is 5.93. The zero-order valence-electron chi connectivity index (χ0n) is 18.9. The Hall–Kier alpha value is -3.23. The van der Waals surface area contributed by atoms with Crippen molar-refractivity contribution >= 4 is 34.7 Å². The number of amides is 1. The second-order valence-corrected chi connectivity index (χ2v) is 9.47. The van der Waals surface area contributed by atoms with Gasteiger partial charge in [0.2, 0.25) is 5.91 Å². The van der Waals surface area contributed by atoms with Gasteiger partial charge in [-0.2, -0.15) is 0 Å². The molecule has 4 rings (SSSR count). The van der Waals surface area contributed by atoms with E-state index in [1.807, 2.05) is 75.4 Å². The molecule has 2 aromatic heterocycles. The molecule has 1 N–H and O–H groups in total. The lowest BCUT2D eigenvalue weighted by Crippen LogP contribution is -2.15. The van der Waals surface area contributed by atoms with Gasteiger partial charge >= 0.3 is 0 Å². The molecule has 0 aliphatic heterocycles. The molecule has 0 bridgehead atoms. The SMILES string of the molecule is COc1ccccc1-c1nc(C)c(-c2ccc(SCC(=O)Nc3cccc(C)c3C)nn2)s1. The number of hydrogen-bond acceptors (Lipinski definition) is 7. The average Bonchev–Trinajstić information content (AvgIpc) is 3.22. The van der Waals surface area contributed by atoms with Crippen LogP contribution in [-0.4, -0.2) is 34.0 Å². The Morgan fingerprint density at radius 2 is 1.85 bits per heavy atom. The smallest absolute Gasteiger partial charge is 0.234 e. The molecule has 0 aliphatic carbocycles. The maximum Gasteiger partial charge on any atom is 0.234 e. The Balaban J connectivity index is 1.43. The van der Waals surface area contributed by atoms with Crippen molar-refractivity contribution in [1.82, 2.24) is 15.2 Å². The van der Waals surface area contributed by atoms with Crippen LogP contribution >= 0.6 is 23.1 Å². The summed E-state index contributed by atoms with van der Waals surface area (Å²) in [5.74, 6) is 0.980. The molecule has 0 fully saturated rings. The molecule has 0 saturated heterocycles. The van der Waals surface area contributed by atoms with Gasteiger partial charge in [0.05, 0.1) is 29.0 Å². The van der Waals surface area contributed by atoms with E-state index >= 15 is 0 Å². The van der Waals surface area contributed by atoms with Crippen LogP contribution in [0.1, 0.15) is 16.8 Å². The highest BCUT2D eigenvalue weighted by atomic mass is 32.2. The van der Waals surface area contributed by atoms with Gasteiger partial charge in [0.1, 0.15) is 21.5 Å². The van der Waals surface area contributed by atoms with E-state index < -0.39 is 0 Å². The number of aromatic nitrogens is 3. The largest absolute Gasteiger partial charge is 0.496 e. The standard InChI is InChI=1S/C25H24N4O2S2/c1-15-8-7-10-19(16(15)2)27-22(30)14-32-23-13-12-20(28-29-23)24-17(3)26-25(33-24)18-9-5-6-11-21(18)31-4/h5-13H,14H2,1-4H3,(H,27,30). The van der Waals surface area contributed by atoms with Gasteiger partial charge in [-0.1, -0.05) is 36.0 Å². The van der Waals surface area contributed by atoms with Crippen LogP contribution in [0.25, 0.3) is 21.1 Å². The number of nitrogens with zero attached hydrogens (tertiary/aromatic N) is 3. The first kappa shape index (κ1) is 22.9. The van der Waals surface area contributed by atoms with E-state index in [-0.39, 0.29) is 11.7 Å². The number of rotatable bonds is 7. The van der Waals surface area contributed by atoms with Crippen LogP contribution < -0.4 is 10.1 Å². The first-order chi connectivity index (χ1) is 16.0. The molecule has 2 aromatic carbocycles. The van der Waals surface area contributed by atoms with Crippen molar-refractivity contribution in [2.24, 2.45) is 0 Å². The number of thioether (sulfide) groups is 1. The maximum absolute atomic E-state index is 12.4. The summed E-state index contributed by atoms with van der Waals surface area (Å²) >= 11 is 2.92. The molecule has 0 atom stereocenters. The molecule has 1 amide bonds. The summed E-state index contributed by atoms with van der Waals surface area (Å²) < 4.78 is 5.47. The second kappa shape index (κ2) is 10.1. The van der Waals surface area contributed by atoms with Crippen molar-refractivity contribution in [2.75, 3.05) is 18.2 Å². The van der Waals surface area contributed by atoms with Crippen LogP contribution in [0.2, 0.25) is 0 Å². The van der Waals surface area contributed by atoms with Gasteiger partial charge < -0.3 is 10.1 Å². The van der Waals surface area contributed by atoms with Crippen LogP contribution in [0, 0.1) is 20.8 Å². The van der Waals surface area contributed by atoms with E-state index in [4.69, 9.17) is 9.72 Å². The van der Waals surface area contributed by atoms with Crippen LogP contribution in [0.5, 0.6) is 5.75 Å². The van der Waals surface area contributed by atoms with Gasteiger partial charge in [0.15, 0.2) is 0 Å². The number of para-hydroxylation sites is 1. The minimum Gasteiger partial charge on any atom is -0.496 e. The highest BCUT2D eigenvalue weighted by Crippen LogP contribution is 2.38. The summed E-state index contributed by atoms with van der Waals surface area (Å²) in [5.41, 5.74) is 5.67. The quantitative estimate of drug-likeness (QED) is 0.333. The molecule has 6 nitrogen and oxygen atoms in total. The molecule has 0 saturated carbocycles. The lowest BCUT2D eigenvalue weighted by molar-refractivity contribution is -0.113. The maximum atomic E-state index is 12.4. The molecular formula is C25H24N4O2S2. The zero-order chi connectivity index (χ0) is 23.4. The number of nitrogens with one attached hydrogen (secondary N) is 1. The minimum atomic E-state index is -0.0701. The number of anilines is 1. The fraction of sp³-hybridized carbons (Fsp3) is 0.200. The number of aryl methyl sites for hydroxylation is 2. The van der Waals surface area contributed by atoms with Gasteiger partial charge in [0.25, 0.3) is 0 Å². The summed E-state index contributed by atoms with van der Waals surface area (Å²) in [7, 11) is 1.66. The second-order valence-electron chi connectivity index (χ2n) is 7.47. The highest BCUT2D eigenvalue weighted by molar-refractivity contribution is 7.99. The van der Waals surface area contributed by atoms with Crippen molar-refractivity contribution in [3.8, 4) is 26.9 Å². The third kappa shape index (κ3) is 5.23. The Kier molecular flexibility index (Phi) is 7.05. The predicted molar refractivity (Wildman–Crippen MR) is 135 cm³/mol. The highest BCUT2D eigenvalue weighted by Gasteiger charge is 2.16. The van der Waals surface area contributed by atoms with E-state index in [0.29, 0.717) is 5.03 Å². The molecule has 4 aromatic rings. The van der Waals surface area contributed by atoms with Crippen LogP contribution in [-0.2, 0) is 4.79 Å². The number of ether oxygens (including phenoxy) is 1. The molecule has 0 unspecified atom stereocenters. The summed E-state index contributed by atoms with van der Waals surface area (Å²) in [4.78, 5) is 18.1. The number of hydrogen-bond donors (Lipinski definition) is 1. The van der Waals surface area contributed by atoms with Crippen molar-refractivity contribution in [1.29, 1.82) is 0 Å². The van der Waals surface area contributed by atoms with E-state index in [9.17, 15) is 4.79 Å². The van der Waals surface area contributed by atoms with E-state index in [1.54, 1.807) is 18.4 Å². The normalized spacial score (nSPS) is 10.8. The van der Waals surface area contributed by atoms with E-state index in [0.717, 1.165) is 49.4 Å². The number of carbonyl (C=O) groups excluding carboxylic acids is 1. The third-order valence-corrected chi connectivity index (χ3v) is 7.37. The minimum absolute atomic E-state index is 0.0701. The summed E-state index contributed by atoms with van der Waals surface area (Å²) in [6.45, 7) is 6.00. The third-order valence-electron chi connectivity index (χ3n) is 5.24. The number of thiazole rings is 1. The Morgan fingerprint density at radius 3 is 2.61 bits per heavy atom. The van der Waals surface area contributed by atoms with E-state index in [1.165, 1.54) is 11.8 Å². The lowest BCUT2D eigenvalue weighted by Gasteiger charge is -2.10. The van der Waals surface area contributed by atoms with Crippen LogP contribution in [0.15, 0.2) is 59.6 Å². The molecule has 0 spiro atoms. The van der Waals surface area contributed by atoms with Gasteiger partial charge in [-0.3, -0.25) is 4.79 Å². The van der Waals surface area contributed by atoms with Crippen molar-refractivity contribution in [3.05, 3.63) is 71.4 Å². The number of carbonyl (C=O) groups is 1. The molecule has 2 heterocycles. The molecule has 33 heavy (non-hydrogen) atoms. The Labute approximate surface area is 201 Å². The molecule has 0 aliphatic rings.